The molecule has 0 aliphatic heterocycles. The van der Waals surface area contributed by atoms with Crippen LogP contribution >= 0.6 is 0 Å². The van der Waals surface area contributed by atoms with Crippen LogP contribution in [0, 0.1) is 0 Å². The van der Waals surface area contributed by atoms with Crippen molar-refractivity contribution in [2.24, 2.45) is 5.10 Å². The number of hydrogen-bond donors (Lipinski definition) is 1. The number of hydrazone groups is 1. The minimum Gasteiger partial charge on any atom is -0.494 e. The highest BCUT2D eigenvalue weighted by Crippen LogP contribution is 2.17. The Bertz CT molecular complexity index is 624. The average molecular weight is 312 g/mol. The molecule has 0 radical (unpaired) electrons. The molecule has 0 fully saturated rings. The monoisotopic (exact) mass is 312 g/mol. The van der Waals surface area contributed by atoms with Gasteiger partial charge in [0.15, 0.2) is 6.61 Å². The number of nitrogens with zero attached hydrogens (tertiary/aromatic N) is 1. The summed E-state index contributed by atoms with van der Waals surface area (Å²) in [6.07, 6.45) is 2.32. The minimum atomic E-state index is -0.303. The van der Waals surface area contributed by atoms with Crippen molar-refractivity contribution in [1.82, 2.24) is 5.43 Å². The van der Waals surface area contributed by atoms with Gasteiger partial charge in [-0.3, -0.25) is 4.79 Å². The molecule has 1 amide bonds. The fourth-order valence-electron chi connectivity index (χ4n) is 1.86. The van der Waals surface area contributed by atoms with Crippen LogP contribution in [0.4, 0.5) is 0 Å². The molecule has 2 aromatic carbocycles. The van der Waals surface area contributed by atoms with Crippen LogP contribution < -0.4 is 14.9 Å². The van der Waals surface area contributed by atoms with Crippen LogP contribution in [0.2, 0.25) is 0 Å². The molecule has 0 unspecified atom stereocenters. The van der Waals surface area contributed by atoms with Gasteiger partial charge in [0.1, 0.15) is 11.5 Å². The number of hydrogen-bond acceptors (Lipinski definition) is 4. The van der Waals surface area contributed by atoms with Crippen LogP contribution in [0.25, 0.3) is 0 Å². The Hall–Kier alpha value is -2.82. The Morgan fingerprint density at radius 1 is 1.04 bits per heavy atom. The summed E-state index contributed by atoms with van der Waals surface area (Å²) in [5.41, 5.74) is 3.57. The predicted molar refractivity (Wildman–Crippen MR) is 89.9 cm³/mol. The Morgan fingerprint density at radius 2 is 1.70 bits per heavy atom. The molecule has 2 rings (SSSR count). The molecule has 120 valence electrons. The lowest BCUT2D eigenvalue weighted by atomic mass is 10.2. The molecule has 0 aliphatic rings. The van der Waals surface area contributed by atoms with Gasteiger partial charge in [0.2, 0.25) is 0 Å². The summed E-state index contributed by atoms with van der Waals surface area (Å²) >= 11 is 0. The second-order valence-corrected chi connectivity index (χ2v) is 4.73. The Labute approximate surface area is 135 Å². The second kappa shape index (κ2) is 9.25. The third kappa shape index (κ3) is 6.22. The molecule has 0 spiro atoms. The molecular weight excluding hydrogens is 292 g/mol. The fraction of sp³-hybridized carbons (Fsp3) is 0.222. The first-order valence-corrected chi connectivity index (χ1v) is 7.48. The molecule has 0 aliphatic carbocycles. The lowest BCUT2D eigenvalue weighted by Crippen LogP contribution is -2.24. The minimum absolute atomic E-state index is 0.0866. The lowest BCUT2D eigenvalue weighted by Gasteiger charge is -2.06. The standard InChI is InChI=1S/C18H20N2O3/c1-2-22-16-8-10-17(11-9-16)23-14-18(21)20-19-13-12-15-6-4-3-5-7-15/h3-11,13H,2,12,14H2,1H3,(H,20,21)/b19-13+. The maximum atomic E-state index is 11.6. The van der Waals surface area contributed by atoms with Crippen LogP contribution in [0.5, 0.6) is 11.5 Å². The van der Waals surface area contributed by atoms with Gasteiger partial charge >= 0.3 is 0 Å². The number of carbonyl (C=O) groups excluding carboxylic acids is 1. The van der Waals surface area contributed by atoms with Crippen molar-refractivity contribution in [2.75, 3.05) is 13.2 Å². The number of carbonyl (C=O) groups is 1. The summed E-state index contributed by atoms with van der Waals surface area (Å²) < 4.78 is 10.7. The lowest BCUT2D eigenvalue weighted by molar-refractivity contribution is -0.123. The fourth-order valence-corrected chi connectivity index (χ4v) is 1.86. The van der Waals surface area contributed by atoms with Crippen LogP contribution in [-0.4, -0.2) is 25.3 Å². The first kappa shape index (κ1) is 16.5. The number of ether oxygens (including phenoxy) is 2. The van der Waals surface area contributed by atoms with E-state index in [1.807, 2.05) is 37.3 Å². The van der Waals surface area contributed by atoms with Gasteiger partial charge in [-0.1, -0.05) is 30.3 Å². The van der Waals surface area contributed by atoms with Gasteiger partial charge < -0.3 is 9.47 Å². The van der Waals surface area contributed by atoms with Crippen molar-refractivity contribution in [3.8, 4) is 11.5 Å². The molecule has 0 saturated heterocycles. The zero-order valence-electron chi connectivity index (χ0n) is 13.1. The van der Waals surface area contributed by atoms with Crippen molar-refractivity contribution in [1.29, 1.82) is 0 Å². The van der Waals surface area contributed by atoms with Crippen molar-refractivity contribution in [3.63, 3.8) is 0 Å². The van der Waals surface area contributed by atoms with E-state index in [9.17, 15) is 4.79 Å². The third-order valence-corrected chi connectivity index (χ3v) is 2.96. The SMILES string of the molecule is CCOc1ccc(OCC(=O)N/N=C/Cc2ccccc2)cc1. The molecule has 2 aromatic rings. The van der Waals surface area contributed by atoms with Gasteiger partial charge in [-0.2, -0.15) is 5.10 Å². The molecule has 0 aromatic heterocycles. The molecule has 23 heavy (non-hydrogen) atoms. The average Bonchev–Trinajstić information content (AvgIpc) is 2.59. The number of amides is 1. The van der Waals surface area contributed by atoms with E-state index in [-0.39, 0.29) is 12.5 Å². The van der Waals surface area contributed by atoms with Crippen molar-refractivity contribution in [2.45, 2.75) is 13.3 Å². The van der Waals surface area contributed by atoms with Gasteiger partial charge in [-0.15, -0.1) is 0 Å². The maximum Gasteiger partial charge on any atom is 0.277 e. The van der Waals surface area contributed by atoms with Crippen LogP contribution in [0.3, 0.4) is 0 Å². The zero-order chi connectivity index (χ0) is 16.3. The normalized spacial score (nSPS) is 10.5. The Balaban J connectivity index is 1.68. The summed E-state index contributed by atoms with van der Waals surface area (Å²) in [7, 11) is 0. The van der Waals surface area contributed by atoms with E-state index in [4.69, 9.17) is 9.47 Å². The van der Waals surface area contributed by atoms with Gasteiger partial charge in [0.25, 0.3) is 5.91 Å². The van der Waals surface area contributed by atoms with E-state index in [1.54, 1.807) is 30.5 Å². The van der Waals surface area contributed by atoms with Crippen molar-refractivity contribution >= 4 is 12.1 Å². The number of benzene rings is 2. The Morgan fingerprint density at radius 3 is 2.35 bits per heavy atom. The molecular formula is C18H20N2O3. The number of nitrogens with one attached hydrogen (secondary N) is 1. The highest BCUT2D eigenvalue weighted by Gasteiger charge is 2.01. The topological polar surface area (TPSA) is 59.9 Å². The molecule has 5 nitrogen and oxygen atoms in total. The molecule has 0 saturated carbocycles. The van der Waals surface area contributed by atoms with Crippen molar-refractivity contribution < 1.29 is 14.3 Å². The van der Waals surface area contributed by atoms with Gasteiger partial charge in [-0.25, -0.2) is 5.43 Å². The highest BCUT2D eigenvalue weighted by molar-refractivity contribution is 5.78. The second-order valence-electron chi connectivity index (χ2n) is 4.73. The summed E-state index contributed by atoms with van der Waals surface area (Å²) in [5.74, 6) is 1.08. The van der Waals surface area contributed by atoms with Gasteiger partial charge in [-0.05, 0) is 36.8 Å². The molecule has 0 atom stereocenters. The van der Waals surface area contributed by atoms with Crippen LogP contribution in [-0.2, 0) is 11.2 Å². The maximum absolute atomic E-state index is 11.6. The Kier molecular flexibility index (Phi) is 6.65. The zero-order valence-corrected chi connectivity index (χ0v) is 13.1. The first-order valence-electron chi connectivity index (χ1n) is 7.48. The van der Waals surface area contributed by atoms with E-state index in [2.05, 4.69) is 10.5 Å². The summed E-state index contributed by atoms with van der Waals surface area (Å²) in [5, 5.41) is 3.89. The van der Waals surface area contributed by atoms with E-state index < -0.39 is 0 Å². The van der Waals surface area contributed by atoms with Crippen LogP contribution in [0.1, 0.15) is 12.5 Å². The molecule has 0 bridgehead atoms. The van der Waals surface area contributed by atoms with E-state index in [0.29, 0.717) is 18.8 Å². The predicted octanol–water partition coefficient (Wildman–Crippen LogP) is 2.81. The molecule has 1 N–H and O–H groups in total. The first-order chi connectivity index (χ1) is 11.3. The van der Waals surface area contributed by atoms with E-state index >= 15 is 0 Å². The molecule has 5 heteroatoms. The van der Waals surface area contributed by atoms with Gasteiger partial charge in [0.05, 0.1) is 6.61 Å². The quantitative estimate of drug-likeness (QED) is 0.602. The van der Waals surface area contributed by atoms with Crippen molar-refractivity contribution in [3.05, 3.63) is 60.2 Å². The highest BCUT2D eigenvalue weighted by atomic mass is 16.5. The summed E-state index contributed by atoms with van der Waals surface area (Å²) in [6, 6.07) is 17.0. The third-order valence-electron chi connectivity index (χ3n) is 2.96. The molecule has 0 heterocycles. The summed E-state index contributed by atoms with van der Waals surface area (Å²) in [6.45, 7) is 2.45. The van der Waals surface area contributed by atoms with E-state index in [1.165, 1.54) is 0 Å². The van der Waals surface area contributed by atoms with Gasteiger partial charge in [0, 0.05) is 12.6 Å². The number of rotatable bonds is 8. The summed E-state index contributed by atoms with van der Waals surface area (Å²) in [4.78, 5) is 11.6. The van der Waals surface area contributed by atoms with Crippen LogP contribution in [0.15, 0.2) is 59.7 Å². The smallest absolute Gasteiger partial charge is 0.277 e. The largest absolute Gasteiger partial charge is 0.494 e. The van der Waals surface area contributed by atoms with E-state index in [0.717, 1.165) is 11.3 Å².